The van der Waals surface area contributed by atoms with Crippen molar-refractivity contribution in [2.24, 2.45) is 4.99 Å². The van der Waals surface area contributed by atoms with Gasteiger partial charge in [-0.3, -0.25) is 0 Å². The van der Waals surface area contributed by atoms with Gasteiger partial charge < -0.3 is 10.6 Å². The van der Waals surface area contributed by atoms with E-state index in [9.17, 15) is 4.39 Å². The number of rotatable bonds is 2. The highest BCUT2D eigenvalue weighted by Crippen LogP contribution is 2.24. The van der Waals surface area contributed by atoms with Gasteiger partial charge in [0.05, 0.1) is 12.1 Å². The van der Waals surface area contributed by atoms with Crippen molar-refractivity contribution >= 4 is 18.4 Å². The SMILES string of the molecule is Cl.Fc1ccc(CNC2=N[C@@H]3CCCC[C@@H]3N2)cc1. The number of hydrogen-bond donors (Lipinski definition) is 2. The van der Waals surface area contributed by atoms with Crippen LogP contribution < -0.4 is 10.6 Å². The van der Waals surface area contributed by atoms with E-state index in [0.717, 1.165) is 11.5 Å². The van der Waals surface area contributed by atoms with Crippen LogP contribution in [0.2, 0.25) is 0 Å². The Hall–Kier alpha value is -1.29. The molecule has 104 valence electrons. The van der Waals surface area contributed by atoms with Crippen LogP contribution in [0.25, 0.3) is 0 Å². The lowest BCUT2D eigenvalue weighted by Crippen LogP contribution is -2.41. The summed E-state index contributed by atoms with van der Waals surface area (Å²) in [5, 5.41) is 6.73. The zero-order valence-electron chi connectivity index (χ0n) is 10.7. The van der Waals surface area contributed by atoms with E-state index in [2.05, 4.69) is 15.6 Å². The summed E-state index contributed by atoms with van der Waals surface area (Å²) in [4.78, 5) is 4.66. The van der Waals surface area contributed by atoms with Crippen molar-refractivity contribution in [1.29, 1.82) is 0 Å². The summed E-state index contributed by atoms with van der Waals surface area (Å²) < 4.78 is 12.8. The highest BCUT2D eigenvalue weighted by molar-refractivity contribution is 5.85. The highest BCUT2D eigenvalue weighted by atomic mass is 35.5. The number of nitrogens with zero attached hydrogens (tertiary/aromatic N) is 1. The minimum absolute atomic E-state index is 0. The maximum absolute atomic E-state index is 12.8. The van der Waals surface area contributed by atoms with E-state index in [1.54, 1.807) is 12.1 Å². The summed E-state index contributed by atoms with van der Waals surface area (Å²) in [5.74, 6) is 0.706. The maximum atomic E-state index is 12.8. The van der Waals surface area contributed by atoms with Crippen molar-refractivity contribution in [2.75, 3.05) is 0 Å². The molecule has 0 saturated heterocycles. The van der Waals surface area contributed by atoms with Crippen molar-refractivity contribution in [3.05, 3.63) is 35.6 Å². The first-order valence-corrected chi connectivity index (χ1v) is 6.64. The number of aliphatic imine (C=N–C) groups is 1. The largest absolute Gasteiger partial charge is 0.352 e. The van der Waals surface area contributed by atoms with Gasteiger partial charge in [0, 0.05) is 6.54 Å². The third-order valence-corrected chi connectivity index (χ3v) is 3.72. The molecular weight excluding hydrogens is 265 g/mol. The standard InChI is InChI=1S/C14H18FN3.ClH/c15-11-7-5-10(6-8-11)9-16-14-17-12-3-1-2-4-13(12)18-14;/h5-8,12-13H,1-4,9H2,(H2,16,17,18);1H/t12-,13+;. The zero-order valence-corrected chi connectivity index (χ0v) is 11.5. The lowest BCUT2D eigenvalue weighted by atomic mass is 9.92. The monoisotopic (exact) mass is 283 g/mol. The van der Waals surface area contributed by atoms with E-state index in [-0.39, 0.29) is 18.2 Å². The highest BCUT2D eigenvalue weighted by Gasteiger charge is 2.30. The molecule has 0 bridgehead atoms. The number of guanidine groups is 1. The van der Waals surface area contributed by atoms with Gasteiger partial charge >= 0.3 is 0 Å². The molecule has 0 amide bonds. The van der Waals surface area contributed by atoms with Crippen LogP contribution in [-0.4, -0.2) is 18.0 Å². The summed E-state index contributed by atoms with van der Waals surface area (Å²) in [6.07, 6.45) is 5.00. The molecule has 1 saturated carbocycles. The summed E-state index contributed by atoms with van der Waals surface area (Å²) in [6.45, 7) is 0.686. The first-order chi connectivity index (χ1) is 8.81. The second-order valence-electron chi connectivity index (χ2n) is 5.06. The average Bonchev–Trinajstić information content (AvgIpc) is 2.81. The molecule has 1 aromatic carbocycles. The van der Waals surface area contributed by atoms with Gasteiger partial charge in [-0.05, 0) is 30.5 Å². The van der Waals surface area contributed by atoms with E-state index >= 15 is 0 Å². The van der Waals surface area contributed by atoms with Gasteiger partial charge in [0.25, 0.3) is 0 Å². The lowest BCUT2D eigenvalue weighted by Gasteiger charge is -2.23. The molecule has 1 aliphatic carbocycles. The fourth-order valence-corrected chi connectivity index (χ4v) is 2.70. The summed E-state index contributed by atoms with van der Waals surface area (Å²) in [6, 6.07) is 7.54. The van der Waals surface area contributed by atoms with E-state index < -0.39 is 0 Å². The normalized spacial score (nSPS) is 24.8. The molecule has 1 heterocycles. The van der Waals surface area contributed by atoms with E-state index in [4.69, 9.17) is 0 Å². The molecule has 0 spiro atoms. The third-order valence-electron chi connectivity index (χ3n) is 3.72. The number of benzene rings is 1. The van der Waals surface area contributed by atoms with E-state index in [1.165, 1.54) is 37.8 Å². The Morgan fingerprint density at radius 3 is 2.68 bits per heavy atom. The molecule has 0 aromatic heterocycles. The number of nitrogens with one attached hydrogen (secondary N) is 2. The first kappa shape index (κ1) is 14.1. The van der Waals surface area contributed by atoms with Crippen LogP contribution in [0.5, 0.6) is 0 Å². The number of halogens is 2. The topological polar surface area (TPSA) is 36.4 Å². The van der Waals surface area contributed by atoms with Gasteiger partial charge in [0.2, 0.25) is 0 Å². The van der Waals surface area contributed by atoms with Crippen LogP contribution in [0.1, 0.15) is 31.2 Å². The molecule has 3 nitrogen and oxygen atoms in total. The Labute approximate surface area is 119 Å². The summed E-state index contributed by atoms with van der Waals surface area (Å²) in [7, 11) is 0. The Kier molecular flexibility index (Phi) is 4.64. The Balaban J connectivity index is 0.00000133. The van der Waals surface area contributed by atoms with E-state index in [0.29, 0.717) is 18.6 Å². The van der Waals surface area contributed by atoms with Crippen molar-refractivity contribution in [3.63, 3.8) is 0 Å². The van der Waals surface area contributed by atoms with Crippen molar-refractivity contribution in [1.82, 2.24) is 10.6 Å². The molecule has 19 heavy (non-hydrogen) atoms. The molecule has 1 aliphatic heterocycles. The number of hydrogen-bond acceptors (Lipinski definition) is 3. The minimum Gasteiger partial charge on any atom is -0.352 e. The molecule has 2 atom stereocenters. The Morgan fingerprint density at radius 1 is 1.21 bits per heavy atom. The second kappa shape index (κ2) is 6.24. The summed E-state index contributed by atoms with van der Waals surface area (Å²) in [5.41, 5.74) is 1.07. The first-order valence-electron chi connectivity index (χ1n) is 6.64. The second-order valence-corrected chi connectivity index (χ2v) is 5.06. The predicted octanol–water partition coefficient (Wildman–Crippen LogP) is 2.61. The molecule has 0 radical (unpaired) electrons. The fraction of sp³-hybridized carbons (Fsp3) is 0.500. The Bertz CT molecular complexity index is 447. The van der Waals surface area contributed by atoms with E-state index in [1.807, 2.05) is 0 Å². The smallest absolute Gasteiger partial charge is 0.192 e. The van der Waals surface area contributed by atoms with Crippen molar-refractivity contribution in [3.8, 4) is 0 Å². The van der Waals surface area contributed by atoms with Gasteiger partial charge in [0.1, 0.15) is 5.82 Å². The van der Waals surface area contributed by atoms with Gasteiger partial charge in [-0.25, -0.2) is 9.38 Å². The maximum Gasteiger partial charge on any atom is 0.192 e. The molecule has 2 aliphatic rings. The molecule has 1 aromatic rings. The molecular formula is C14H19ClFN3. The van der Waals surface area contributed by atoms with Crippen molar-refractivity contribution in [2.45, 2.75) is 44.3 Å². The van der Waals surface area contributed by atoms with Crippen LogP contribution in [0.4, 0.5) is 4.39 Å². The van der Waals surface area contributed by atoms with Crippen molar-refractivity contribution < 1.29 is 4.39 Å². The molecule has 1 fully saturated rings. The van der Waals surface area contributed by atoms with Gasteiger partial charge in [-0.1, -0.05) is 25.0 Å². The quantitative estimate of drug-likeness (QED) is 0.875. The fourth-order valence-electron chi connectivity index (χ4n) is 2.70. The summed E-state index contributed by atoms with van der Waals surface area (Å²) >= 11 is 0. The zero-order chi connectivity index (χ0) is 12.4. The number of fused-ring (bicyclic) bond motifs is 1. The molecule has 3 rings (SSSR count). The van der Waals surface area contributed by atoms with Crippen LogP contribution in [0, 0.1) is 5.82 Å². The Morgan fingerprint density at radius 2 is 1.95 bits per heavy atom. The van der Waals surface area contributed by atoms with Gasteiger partial charge in [0.15, 0.2) is 5.96 Å². The van der Waals surface area contributed by atoms with Crippen LogP contribution >= 0.6 is 12.4 Å². The predicted molar refractivity (Wildman–Crippen MR) is 77.1 cm³/mol. The molecule has 2 N–H and O–H groups in total. The van der Waals surface area contributed by atoms with Crippen LogP contribution in [-0.2, 0) is 6.54 Å². The average molecular weight is 284 g/mol. The lowest BCUT2D eigenvalue weighted by molar-refractivity contribution is 0.384. The van der Waals surface area contributed by atoms with Gasteiger partial charge in [-0.15, -0.1) is 12.4 Å². The molecule has 0 unspecified atom stereocenters. The van der Waals surface area contributed by atoms with Crippen LogP contribution in [0.3, 0.4) is 0 Å². The molecule has 5 heteroatoms. The minimum atomic E-state index is -0.193. The van der Waals surface area contributed by atoms with Crippen LogP contribution in [0.15, 0.2) is 29.3 Å². The third kappa shape index (κ3) is 3.38. The van der Waals surface area contributed by atoms with Gasteiger partial charge in [-0.2, -0.15) is 0 Å².